The molecule has 0 aromatic rings. The molecule has 0 rings (SSSR count). The van der Waals surface area contributed by atoms with Gasteiger partial charge >= 0.3 is 0 Å². The molecule has 0 aliphatic heterocycles. The van der Waals surface area contributed by atoms with Crippen LogP contribution in [0, 0.1) is 5.41 Å². The Bertz CT molecular complexity index is 66.8. The number of hydrogen-bond acceptors (Lipinski definition) is 2. The van der Waals surface area contributed by atoms with Crippen molar-refractivity contribution in [3.05, 3.63) is 13.2 Å². The molecular weight excluding hydrogens is 124 g/mol. The van der Waals surface area contributed by atoms with Crippen LogP contribution in [-0.4, -0.2) is 12.6 Å². The van der Waals surface area contributed by atoms with Crippen molar-refractivity contribution in [3.63, 3.8) is 0 Å². The highest BCUT2D eigenvalue weighted by Gasteiger charge is 1.49. The van der Waals surface area contributed by atoms with Crippen LogP contribution in [0.5, 0.6) is 0 Å². The molecule has 0 aromatic heterocycles. The normalized spacial score (nSPS) is 4.12. The summed E-state index contributed by atoms with van der Waals surface area (Å²) in [4.78, 5) is 3.39. The molecule has 0 aliphatic carbocycles. The zero-order valence-corrected chi connectivity index (χ0v) is 5.79. The van der Waals surface area contributed by atoms with Gasteiger partial charge in [0, 0.05) is 6.54 Å². The smallest absolute Gasteiger partial charge is 0.0861 e. The van der Waals surface area contributed by atoms with E-state index in [1.165, 1.54) is 0 Å². The van der Waals surface area contributed by atoms with E-state index in [1.54, 1.807) is 0 Å². The van der Waals surface area contributed by atoms with Crippen LogP contribution in [0.3, 0.4) is 0 Å². The second-order valence-corrected chi connectivity index (χ2v) is 0.586. The molecule has 48 valence electrons. The molecule has 8 heavy (non-hydrogen) atoms. The third kappa shape index (κ3) is 52.9. The van der Waals surface area contributed by atoms with Crippen molar-refractivity contribution in [2.45, 2.75) is 6.92 Å². The summed E-state index contributed by atoms with van der Waals surface area (Å²) in [6.45, 7) is 8.53. The van der Waals surface area contributed by atoms with E-state index in [4.69, 9.17) is 5.41 Å². The predicted molar refractivity (Wildman–Crippen MR) is 39.2 cm³/mol. The third-order valence-electron chi connectivity index (χ3n) is 0.237. The lowest BCUT2D eigenvalue weighted by Gasteiger charge is -1.60. The fraction of sp³-hybridized carbons (Fsp3) is 0.400. The fourth-order valence-corrected chi connectivity index (χ4v) is 0.0791. The van der Waals surface area contributed by atoms with Gasteiger partial charge in [-0.15, -0.1) is 25.6 Å². The molecular formula is C5H11ClN2. The summed E-state index contributed by atoms with van der Waals surface area (Å²) >= 11 is 0. The summed E-state index contributed by atoms with van der Waals surface area (Å²) in [7, 11) is 0. The lowest BCUT2D eigenvalue weighted by molar-refractivity contribution is 1.14. The highest BCUT2D eigenvalue weighted by atomic mass is 35.5. The minimum absolute atomic E-state index is 0. The Hall–Kier alpha value is -0.590. The predicted octanol–water partition coefficient (Wildman–Crippen LogP) is 1.98. The van der Waals surface area contributed by atoms with Gasteiger partial charge in [-0.1, -0.05) is 0 Å². The molecule has 0 heterocycles. The topological polar surface area (TPSA) is 36.2 Å². The minimum Gasteiger partial charge on any atom is -0.242 e. The number of rotatable bonds is 1. The van der Waals surface area contributed by atoms with Gasteiger partial charge in [-0.3, -0.25) is 0 Å². The molecule has 0 radical (unpaired) electrons. The van der Waals surface area contributed by atoms with Gasteiger partial charge in [0.1, 0.15) is 0 Å². The first-order chi connectivity index (χ1) is 3.41. The van der Waals surface area contributed by atoms with E-state index >= 15 is 0 Å². The monoisotopic (exact) mass is 134 g/mol. The first-order valence-electron chi connectivity index (χ1n) is 2.00. The van der Waals surface area contributed by atoms with Crippen LogP contribution in [-0.2, 0) is 0 Å². The van der Waals surface area contributed by atoms with Gasteiger partial charge in [0.05, 0.1) is 6.01 Å². The van der Waals surface area contributed by atoms with Crippen molar-refractivity contribution in [1.29, 1.82) is 5.41 Å². The highest BCUT2D eigenvalue weighted by molar-refractivity contribution is 5.85. The molecule has 2 nitrogen and oxygen atoms in total. The number of hydrogen-bond donors (Lipinski definition) is 1. The molecule has 0 saturated carbocycles. The van der Waals surface area contributed by atoms with E-state index in [1.807, 2.05) is 12.9 Å². The van der Waals surface area contributed by atoms with Crippen molar-refractivity contribution in [2.24, 2.45) is 4.99 Å². The quantitative estimate of drug-likeness (QED) is 0.421. The summed E-state index contributed by atoms with van der Waals surface area (Å²) in [6.07, 6.45) is 0. The van der Waals surface area contributed by atoms with Gasteiger partial charge in [-0.05, 0) is 6.92 Å². The van der Waals surface area contributed by atoms with E-state index in [0.29, 0.717) is 6.54 Å². The van der Waals surface area contributed by atoms with Crippen LogP contribution in [0.2, 0.25) is 0 Å². The number of nitrogens with one attached hydrogen (secondary N) is 1. The first kappa shape index (κ1) is 15.7. The van der Waals surface area contributed by atoms with Gasteiger partial charge in [0.2, 0.25) is 0 Å². The van der Waals surface area contributed by atoms with E-state index in [-0.39, 0.29) is 12.4 Å². The summed E-state index contributed by atoms with van der Waals surface area (Å²) in [6, 6.07) is 1.89. The summed E-state index contributed by atoms with van der Waals surface area (Å²) < 4.78 is 0. The van der Waals surface area contributed by atoms with Crippen LogP contribution >= 0.6 is 12.4 Å². The standard InChI is InChI=1S/C3H6N2.C2H4.ClH/c1-2-5-3-4;1-2;/h4H,2H2,1H3;1-2H2;1H. The van der Waals surface area contributed by atoms with Gasteiger partial charge in [-0.25, -0.2) is 10.4 Å². The Morgan fingerprint density at radius 3 is 2.00 bits per heavy atom. The molecule has 3 heteroatoms. The number of aliphatic imine (C=N–C) groups is 1. The average molecular weight is 135 g/mol. The summed E-state index contributed by atoms with van der Waals surface area (Å²) in [5, 5.41) is 6.19. The number of nitrogens with zero attached hydrogens (tertiary/aromatic N) is 1. The Balaban J connectivity index is -0.0000000750. The van der Waals surface area contributed by atoms with Gasteiger partial charge in [0.25, 0.3) is 0 Å². The molecule has 0 aromatic carbocycles. The van der Waals surface area contributed by atoms with Crippen molar-refractivity contribution in [1.82, 2.24) is 0 Å². The molecule has 0 spiro atoms. The Labute approximate surface area is 56.2 Å². The van der Waals surface area contributed by atoms with Crippen molar-refractivity contribution < 1.29 is 0 Å². The highest BCUT2D eigenvalue weighted by Crippen LogP contribution is 1.53. The fourth-order valence-electron chi connectivity index (χ4n) is 0.0791. The molecule has 0 bridgehead atoms. The Morgan fingerprint density at radius 1 is 1.62 bits per heavy atom. The molecule has 1 N–H and O–H groups in total. The number of halogens is 1. The lowest BCUT2D eigenvalue weighted by atomic mass is 10.8. The van der Waals surface area contributed by atoms with Crippen LogP contribution in [0.1, 0.15) is 6.92 Å². The lowest BCUT2D eigenvalue weighted by Crippen LogP contribution is -1.58. The molecule has 0 fully saturated rings. The second-order valence-electron chi connectivity index (χ2n) is 0.586. The van der Waals surface area contributed by atoms with Crippen molar-refractivity contribution in [3.8, 4) is 0 Å². The zero-order chi connectivity index (χ0) is 6.12. The van der Waals surface area contributed by atoms with Crippen molar-refractivity contribution in [2.75, 3.05) is 6.54 Å². The summed E-state index contributed by atoms with van der Waals surface area (Å²) in [5.74, 6) is 0. The van der Waals surface area contributed by atoms with Crippen molar-refractivity contribution >= 4 is 18.4 Å². The second kappa shape index (κ2) is 32.3. The third-order valence-corrected chi connectivity index (χ3v) is 0.237. The van der Waals surface area contributed by atoms with E-state index in [2.05, 4.69) is 18.2 Å². The molecule has 0 aliphatic rings. The molecule has 0 atom stereocenters. The summed E-state index contributed by atoms with van der Waals surface area (Å²) in [5.41, 5.74) is 0. The first-order valence-corrected chi connectivity index (χ1v) is 2.00. The van der Waals surface area contributed by atoms with E-state index in [0.717, 1.165) is 0 Å². The molecule has 0 saturated heterocycles. The minimum atomic E-state index is 0. The van der Waals surface area contributed by atoms with Crippen LogP contribution < -0.4 is 0 Å². The van der Waals surface area contributed by atoms with Crippen LogP contribution in [0.25, 0.3) is 0 Å². The SMILES string of the molecule is C=C.CCN=C=N.Cl. The average Bonchev–Trinajstić information content (AvgIpc) is 1.75. The Morgan fingerprint density at radius 2 is 2.00 bits per heavy atom. The zero-order valence-electron chi connectivity index (χ0n) is 4.98. The van der Waals surface area contributed by atoms with E-state index in [9.17, 15) is 0 Å². The molecule has 0 amide bonds. The van der Waals surface area contributed by atoms with Gasteiger partial charge in [0.15, 0.2) is 0 Å². The van der Waals surface area contributed by atoms with E-state index < -0.39 is 0 Å². The van der Waals surface area contributed by atoms with Crippen LogP contribution in [0.4, 0.5) is 0 Å². The maximum absolute atomic E-state index is 6.19. The van der Waals surface area contributed by atoms with Gasteiger partial charge < -0.3 is 0 Å². The molecule has 0 unspecified atom stereocenters. The van der Waals surface area contributed by atoms with Crippen LogP contribution in [0.15, 0.2) is 18.2 Å². The Kier molecular flexibility index (Phi) is 63.2. The maximum atomic E-state index is 6.19. The van der Waals surface area contributed by atoms with Gasteiger partial charge in [-0.2, -0.15) is 0 Å². The maximum Gasteiger partial charge on any atom is 0.0861 e. The largest absolute Gasteiger partial charge is 0.242 e.